The monoisotopic (exact) mass is 493 g/mol. The third kappa shape index (κ3) is 5.62. The average Bonchev–Trinajstić information content (AvgIpc) is 3.44. The number of likely N-dealkylation sites (tertiary alicyclic amines) is 1. The summed E-state index contributed by atoms with van der Waals surface area (Å²) in [6.07, 6.45) is 5.26. The predicted octanol–water partition coefficient (Wildman–Crippen LogP) is 4.88. The molecule has 2 amide bonds. The highest BCUT2D eigenvalue weighted by Crippen LogP contribution is 2.26. The Morgan fingerprint density at radius 3 is 2.32 bits per heavy atom. The van der Waals surface area contributed by atoms with Crippen molar-refractivity contribution in [3.63, 3.8) is 0 Å². The molecular formula is C30H31N5O2. The van der Waals surface area contributed by atoms with Crippen molar-refractivity contribution in [2.75, 3.05) is 20.1 Å². The Bertz CT molecular complexity index is 1390. The van der Waals surface area contributed by atoms with Gasteiger partial charge in [0.1, 0.15) is 6.33 Å². The number of piperidine rings is 1. The van der Waals surface area contributed by atoms with Gasteiger partial charge in [-0.15, -0.1) is 0 Å². The molecular weight excluding hydrogens is 462 g/mol. The van der Waals surface area contributed by atoms with Crippen molar-refractivity contribution >= 4 is 11.9 Å². The van der Waals surface area contributed by atoms with Gasteiger partial charge in [-0.2, -0.15) is 0 Å². The Labute approximate surface area is 217 Å². The summed E-state index contributed by atoms with van der Waals surface area (Å²) in [5.41, 5.74) is 10.7. The van der Waals surface area contributed by atoms with E-state index in [1.807, 2.05) is 54.4 Å². The van der Waals surface area contributed by atoms with Crippen LogP contribution in [0.1, 0.15) is 28.8 Å². The van der Waals surface area contributed by atoms with Gasteiger partial charge in [0.05, 0.1) is 5.69 Å². The fourth-order valence-electron chi connectivity index (χ4n) is 4.93. The van der Waals surface area contributed by atoms with Gasteiger partial charge >= 0.3 is 6.03 Å². The molecule has 0 aliphatic carbocycles. The van der Waals surface area contributed by atoms with Crippen molar-refractivity contribution < 1.29 is 9.59 Å². The molecule has 2 heterocycles. The lowest BCUT2D eigenvalue weighted by Crippen LogP contribution is -2.46. The topological polar surface area (TPSA) is 84.5 Å². The van der Waals surface area contributed by atoms with Crippen LogP contribution < -0.4 is 5.73 Å². The first-order valence-electron chi connectivity index (χ1n) is 12.6. The summed E-state index contributed by atoms with van der Waals surface area (Å²) in [5.74, 6) is -0.457. The Morgan fingerprint density at radius 2 is 1.59 bits per heavy atom. The molecule has 188 valence electrons. The number of nitrogens with zero attached hydrogens (tertiary/aromatic N) is 4. The SMILES string of the molecule is CN(C(=O)n1cnc(-c2cccc(-c3cccc(C(N)=O)c3)c2)c1)C1CCN(Cc2ccccc2)CC1. The lowest BCUT2D eigenvalue weighted by molar-refractivity contribution is 0.1000. The highest BCUT2D eigenvalue weighted by atomic mass is 16.2. The Morgan fingerprint density at radius 1 is 0.919 bits per heavy atom. The van der Waals surface area contributed by atoms with E-state index in [0.717, 1.165) is 49.2 Å². The smallest absolute Gasteiger partial charge is 0.329 e. The number of carbonyl (C=O) groups excluding carboxylic acids is 2. The predicted molar refractivity (Wildman–Crippen MR) is 145 cm³/mol. The zero-order chi connectivity index (χ0) is 25.8. The summed E-state index contributed by atoms with van der Waals surface area (Å²) in [6.45, 7) is 2.88. The Balaban J connectivity index is 1.24. The Hall–Kier alpha value is -4.23. The molecule has 2 N–H and O–H groups in total. The molecule has 1 aliphatic rings. The highest BCUT2D eigenvalue weighted by molar-refractivity contribution is 5.94. The van der Waals surface area contributed by atoms with E-state index in [1.54, 1.807) is 29.2 Å². The van der Waals surface area contributed by atoms with Gasteiger partial charge in [-0.3, -0.25) is 14.3 Å². The molecule has 4 aromatic rings. The summed E-state index contributed by atoms with van der Waals surface area (Å²) in [4.78, 5) is 33.6. The number of benzene rings is 3. The number of nitrogens with two attached hydrogens (primary N) is 1. The van der Waals surface area contributed by atoms with Crippen LogP contribution in [0, 0.1) is 0 Å². The summed E-state index contributed by atoms with van der Waals surface area (Å²) >= 11 is 0. The zero-order valence-electron chi connectivity index (χ0n) is 21.0. The number of carbonyl (C=O) groups is 2. The number of hydrogen-bond acceptors (Lipinski definition) is 4. The summed E-state index contributed by atoms with van der Waals surface area (Å²) < 4.78 is 1.56. The maximum Gasteiger partial charge on any atom is 0.329 e. The standard InChI is InChI=1S/C30H31N5O2/c1-33(27-13-15-34(16-14-27)19-22-7-3-2-4-8-22)30(37)35-20-28(32-21-35)25-11-5-9-23(17-25)24-10-6-12-26(18-24)29(31)36/h2-12,17-18,20-21,27H,13-16,19H2,1H3,(H2,31,36). The minimum absolute atomic E-state index is 0.0782. The van der Waals surface area contributed by atoms with Crippen molar-refractivity contribution in [1.82, 2.24) is 19.4 Å². The van der Waals surface area contributed by atoms with E-state index in [0.29, 0.717) is 11.3 Å². The molecule has 1 saturated heterocycles. The van der Waals surface area contributed by atoms with Gasteiger partial charge in [0.25, 0.3) is 0 Å². The van der Waals surface area contributed by atoms with E-state index in [1.165, 1.54) is 5.56 Å². The van der Waals surface area contributed by atoms with Gasteiger partial charge in [0, 0.05) is 50.0 Å². The maximum absolute atomic E-state index is 13.2. The van der Waals surface area contributed by atoms with Crippen LogP contribution in [0.15, 0.2) is 91.4 Å². The lowest BCUT2D eigenvalue weighted by atomic mass is 10.00. The summed E-state index contributed by atoms with van der Waals surface area (Å²) in [5, 5.41) is 0. The normalized spacial score (nSPS) is 14.4. The van der Waals surface area contributed by atoms with Gasteiger partial charge < -0.3 is 10.6 Å². The Kier molecular flexibility index (Phi) is 7.14. The van der Waals surface area contributed by atoms with E-state index in [4.69, 9.17) is 5.73 Å². The van der Waals surface area contributed by atoms with Crippen LogP contribution in [0.2, 0.25) is 0 Å². The molecule has 0 radical (unpaired) electrons. The number of amides is 2. The molecule has 0 bridgehead atoms. The van der Waals surface area contributed by atoms with E-state index in [2.05, 4.69) is 34.1 Å². The first-order chi connectivity index (χ1) is 18.0. The van der Waals surface area contributed by atoms with Crippen molar-refractivity contribution in [3.05, 3.63) is 103 Å². The molecule has 37 heavy (non-hydrogen) atoms. The minimum Gasteiger partial charge on any atom is -0.366 e. The largest absolute Gasteiger partial charge is 0.366 e. The van der Waals surface area contributed by atoms with Crippen LogP contribution in [-0.4, -0.2) is 57.5 Å². The lowest BCUT2D eigenvalue weighted by Gasteiger charge is -2.36. The number of imidazole rings is 1. The average molecular weight is 494 g/mol. The van der Waals surface area contributed by atoms with Gasteiger partial charge in [-0.05, 0) is 47.7 Å². The minimum atomic E-state index is -0.457. The number of primary amides is 1. The van der Waals surface area contributed by atoms with Gasteiger partial charge in [0.15, 0.2) is 0 Å². The van der Waals surface area contributed by atoms with Crippen molar-refractivity contribution in [3.8, 4) is 22.4 Å². The summed E-state index contributed by atoms with van der Waals surface area (Å²) in [6, 6.07) is 25.8. The van der Waals surface area contributed by atoms with Crippen molar-refractivity contribution in [2.45, 2.75) is 25.4 Å². The van der Waals surface area contributed by atoms with Gasteiger partial charge in [0.2, 0.25) is 5.91 Å². The van der Waals surface area contributed by atoms with E-state index in [-0.39, 0.29) is 12.1 Å². The molecule has 7 heteroatoms. The molecule has 5 rings (SSSR count). The molecule has 0 saturated carbocycles. The van der Waals surface area contributed by atoms with Gasteiger partial charge in [-0.1, -0.05) is 60.7 Å². The second-order valence-electron chi connectivity index (χ2n) is 9.58. The number of aromatic nitrogens is 2. The summed E-state index contributed by atoms with van der Waals surface area (Å²) in [7, 11) is 1.88. The fraction of sp³-hybridized carbons (Fsp3) is 0.233. The van der Waals surface area contributed by atoms with E-state index >= 15 is 0 Å². The van der Waals surface area contributed by atoms with E-state index in [9.17, 15) is 9.59 Å². The molecule has 0 unspecified atom stereocenters. The zero-order valence-corrected chi connectivity index (χ0v) is 21.0. The van der Waals surface area contributed by atoms with E-state index < -0.39 is 5.91 Å². The fourth-order valence-corrected chi connectivity index (χ4v) is 4.93. The molecule has 1 fully saturated rings. The van der Waals surface area contributed by atoms with Crippen LogP contribution in [0.5, 0.6) is 0 Å². The molecule has 1 aromatic heterocycles. The third-order valence-electron chi connectivity index (χ3n) is 7.10. The second-order valence-corrected chi connectivity index (χ2v) is 9.58. The molecule has 0 spiro atoms. The quantitative estimate of drug-likeness (QED) is 0.415. The molecule has 7 nitrogen and oxygen atoms in total. The third-order valence-corrected chi connectivity index (χ3v) is 7.10. The van der Waals surface area contributed by atoms with Crippen molar-refractivity contribution in [1.29, 1.82) is 0 Å². The molecule has 3 aromatic carbocycles. The van der Waals surface area contributed by atoms with Crippen LogP contribution in [-0.2, 0) is 6.54 Å². The first kappa shape index (κ1) is 24.5. The number of hydrogen-bond donors (Lipinski definition) is 1. The van der Waals surface area contributed by atoms with Crippen LogP contribution in [0.25, 0.3) is 22.4 Å². The maximum atomic E-state index is 13.2. The first-order valence-corrected chi connectivity index (χ1v) is 12.6. The van der Waals surface area contributed by atoms with Gasteiger partial charge in [-0.25, -0.2) is 9.78 Å². The number of rotatable bonds is 6. The van der Waals surface area contributed by atoms with Crippen LogP contribution in [0.4, 0.5) is 4.79 Å². The van der Waals surface area contributed by atoms with Crippen LogP contribution >= 0.6 is 0 Å². The van der Waals surface area contributed by atoms with Crippen LogP contribution in [0.3, 0.4) is 0 Å². The highest BCUT2D eigenvalue weighted by Gasteiger charge is 2.26. The second kappa shape index (κ2) is 10.8. The molecule has 0 atom stereocenters. The van der Waals surface area contributed by atoms with Crippen molar-refractivity contribution in [2.24, 2.45) is 5.73 Å². The molecule has 1 aliphatic heterocycles.